The maximum Gasteiger partial charge on any atom is 0.232 e. The van der Waals surface area contributed by atoms with E-state index in [-0.39, 0.29) is 5.91 Å². The molecule has 0 heterocycles. The second-order valence-corrected chi connectivity index (χ2v) is 5.07. The number of halogens is 1. The number of nitrogens with zero attached hydrogens (tertiary/aromatic N) is 2. The number of anilines is 1. The third kappa shape index (κ3) is 4.22. The highest BCUT2D eigenvalue weighted by atomic mass is 32.2. The summed E-state index contributed by atoms with van der Waals surface area (Å²) in [6.45, 7) is 2.79. The number of amides is 1. The lowest BCUT2D eigenvalue weighted by Gasteiger charge is -2.17. The molecule has 0 saturated heterocycles. The molecule has 0 spiro atoms. The van der Waals surface area contributed by atoms with Crippen LogP contribution in [0.25, 0.3) is 0 Å². The zero-order chi connectivity index (χ0) is 13.5. The third-order valence-corrected chi connectivity index (χ3v) is 3.58. The van der Waals surface area contributed by atoms with Crippen molar-refractivity contribution in [3.63, 3.8) is 0 Å². The first-order valence-electron chi connectivity index (χ1n) is 5.91. The molecule has 0 aliphatic rings. The summed E-state index contributed by atoms with van der Waals surface area (Å²) in [6, 6.07) is 7.14. The molecule has 5 heteroatoms. The fourth-order valence-electron chi connectivity index (χ4n) is 1.54. The van der Waals surface area contributed by atoms with E-state index in [0.29, 0.717) is 16.6 Å². The molecule has 1 aromatic carbocycles. The molecule has 0 aliphatic carbocycles. The molecular formula is C13H19FN2OS. The zero-order valence-corrected chi connectivity index (χ0v) is 11.8. The van der Waals surface area contributed by atoms with Crippen LogP contribution in [0.3, 0.4) is 0 Å². The SMILES string of the molecule is CCCN(C)C(=O)CSc1ccccc1N(C)F. The number of benzene rings is 1. The maximum absolute atomic E-state index is 13.2. The van der Waals surface area contributed by atoms with Gasteiger partial charge in [0.25, 0.3) is 0 Å². The van der Waals surface area contributed by atoms with Gasteiger partial charge in [0.1, 0.15) is 0 Å². The number of carbonyl (C=O) groups is 1. The second-order valence-electron chi connectivity index (χ2n) is 4.05. The van der Waals surface area contributed by atoms with Crippen molar-refractivity contribution in [2.24, 2.45) is 0 Å². The Morgan fingerprint density at radius 2 is 2.00 bits per heavy atom. The first kappa shape index (κ1) is 14.8. The van der Waals surface area contributed by atoms with Crippen LogP contribution in [0.15, 0.2) is 29.2 Å². The molecule has 0 N–H and O–H groups in total. The smallest absolute Gasteiger partial charge is 0.232 e. The lowest BCUT2D eigenvalue weighted by Crippen LogP contribution is -2.28. The summed E-state index contributed by atoms with van der Waals surface area (Å²) in [5.74, 6) is 0.402. The lowest BCUT2D eigenvalue weighted by atomic mass is 10.3. The topological polar surface area (TPSA) is 23.6 Å². The largest absolute Gasteiger partial charge is 0.345 e. The average molecular weight is 270 g/mol. The summed E-state index contributed by atoms with van der Waals surface area (Å²) < 4.78 is 13.2. The predicted octanol–water partition coefficient (Wildman–Crippen LogP) is 2.97. The summed E-state index contributed by atoms with van der Waals surface area (Å²) in [5.41, 5.74) is 0.494. The van der Waals surface area contributed by atoms with Gasteiger partial charge >= 0.3 is 0 Å². The van der Waals surface area contributed by atoms with Crippen LogP contribution in [0.4, 0.5) is 10.2 Å². The molecule has 3 nitrogen and oxygen atoms in total. The van der Waals surface area contributed by atoms with E-state index in [4.69, 9.17) is 0 Å². The van der Waals surface area contributed by atoms with Gasteiger partial charge in [0.2, 0.25) is 5.91 Å². The molecule has 0 radical (unpaired) electrons. The van der Waals surface area contributed by atoms with Gasteiger partial charge in [-0.25, -0.2) is 5.12 Å². The van der Waals surface area contributed by atoms with E-state index in [9.17, 15) is 9.28 Å². The molecule has 0 aliphatic heterocycles. The minimum atomic E-state index is 0.0677. The minimum absolute atomic E-state index is 0.0677. The van der Waals surface area contributed by atoms with Crippen LogP contribution in [0.2, 0.25) is 0 Å². The number of rotatable bonds is 6. The quantitative estimate of drug-likeness (QED) is 0.586. The summed E-state index contributed by atoms with van der Waals surface area (Å²) >= 11 is 1.36. The van der Waals surface area contributed by atoms with Crippen molar-refractivity contribution in [2.45, 2.75) is 18.2 Å². The van der Waals surface area contributed by atoms with Crippen molar-refractivity contribution in [3.05, 3.63) is 24.3 Å². The molecule has 0 unspecified atom stereocenters. The zero-order valence-electron chi connectivity index (χ0n) is 11.0. The van der Waals surface area contributed by atoms with Gasteiger partial charge in [0, 0.05) is 25.5 Å². The van der Waals surface area contributed by atoms with Crippen LogP contribution < -0.4 is 5.12 Å². The normalized spacial score (nSPS) is 10.2. The summed E-state index contributed by atoms with van der Waals surface area (Å²) in [7, 11) is 3.14. The Hall–Kier alpha value is -1.23. The summed E-state index contributed by atoms with van der Waals surface area (Å²) in [4.78, 5) is 14.3. The van der Waals surface area contributed by atoms with Gasteiger partial charge in [-0.1, -0.05) is 19.1 Å². The van der Waals surface area contributed by atoms with Crippen molar-refractivity contribution in [1.82, 2.24) is 4.90 Å². The van der Waals surface area contributed by atoms with Gasteiger partial charge in [0.05, 0.1) is 11.4 Å². The van der Waals surface area contributed by atoms with Crippen LogP contribution in [0.1, 0.15) is 13.3 Å². The fourth-order valence-corrected chi connectivity index (χ4v) is 2.56. The van der Waals surface area contributed by atoms with Gasteiger partial charge < -0.3 is 4.90 Å². The van der Waals surface area contributed by atoms with Crippen LogP contribution >= 0.6 is 11.8 Å². The highest BCUT2D eigenvalue weighted by Crippen LogP contribution is 2.29. The van der Waals surface area contributed by atoms with Gasteiger partial charge in [0.15, 0.2) is 0 Å². The molecule has 0 aromatic heterocycles. The van der Waals surface area contributed by atoms with E-state index < -0.39 is 0 Å². The Kier molecular flexibility index (Phi) is 5.98. The van der Waals surface area contributed by atoms with E-state index in [1.807, 2.05) is 19.1 Å². The van der Waals surface area contributed by atoms with E-state index >= 15 is 0 Å². The Morgan fingerprint density at radius 3 is 2.61 bits per heavy atom. The monoisotopic (exact) mass is 270 g/mol. The van der Waals surface area contributed by atoms with E-state index in [0.717, 1.165) is 17.9 Å². The number of hydrogen-bond acceptors (Lipinski definition) is 3. The Balaban J connectivity index is 2.61. The van der Waals surface area contributed by atoms with Crippen LogP contribution in [0, 0.1) is 0 Å². The van der Waals surface area contributed by atoms with E-state index in [1.54, 1.807) is 24.1 Å². The lowest BCUT2D eigenvalue weighted by molar-refractivity contribution is -0.127. The number of carbonyl (C=O) groups excluding carboxylic acids is 1. The molecule has 1 rings (SSSR count). The first-order chi connectivity index (χ1) is 8.56. The van der Waals surface area contributed by atoms with Crippen molar-refractivity contribution in [3.8, 4) is 0 Å². The molecule has 0 saturated carbocycles. The van der Waals surface area contributed by atoms with Gasteiger partial charge in [-0.05, 0) is 18.6 Å². The molecule has 18 heavy (non-hydrogen) atoms. The third-order valence-electron chi connectivity index (χ3n) is 2.53. The summed E-state index contributed by atoms with van der Waals surface area (Å²) in [5, 5.41) is 0.572. The van der Waals surface area contributed by atoms with Crippen LogP contribution in [0.5, 0.6) is 0 Å². The van der Waals surface area contributed by atoms with E-state index in [1.165, 1.54) is 18.8 Å². The fraction of sp³-hybridized carbons (Fsp3) is 0.462. The van der Waals surface area contributed by atoms with Gasteiger partial charge in [-0.15, -0.1) is 16.2 Å². The van der Waals surface area contributed by atoms with Crippen LogP contribution in [-0.4, -0.2) is 37.2 Å². The average Bonchev–Trinajstić information content (AvgIpc) is 2.36. The van der Waals surface area contributed by atoms with Crippen molar-refractivity contribution in [2.75, 3.05) is 31.5 Å². The molecule has 1 amide bonds. The molecule has 1 aromatic rings. The van der Waals surface area contributed by atoms with Crippen molar-refractivity contribution in [1.29, 1.82) is 0 Å². The Bertz CT molecular complexity index is 398. The van der Waals surface area contributed by atoms with Crippen LogP contribution in [-0.2, 0) is 4.79 Å². The van der Waals surface area contributed by atoms with Gasteiger partial charge in [-0.3, -0.25) is 4.79 Å². The molecule has 100 valence electrons. The molecule has 0 bridgehead atoms. The number of para-hydroxylation sites is 1. The molecule has 0 atom stereocenters. The summed E-state index contributed by atoms with van der Waals surface area (Å²) in [6.07, 6.45) is 0.941. The van der Waals surface area contributed by atoms with Crippen molar-refractivity contribution >= 4 is 23.4 Å². The van der Waals surface area contributed by atoms with Gasteiger partial charge in [-0.2, -0.15) is 0 Å². The highest BCUT2D eigenvalue weighted by Gasteiger charge is 2.11. The number of thioether (sulfide) groups is 1. The maximum atomic E-state index is 13.2. The highest BCUT2D eigenvalue weighted by molar-refractivity contribution is 8.00. The standard InChI is InChI=1S/C13H19FN2OS/c1-4-9-15(2)13(17)10-18-12-8-6-5-7-11(12)16(3)14/h5-8H,4,9-10H2,1-3H3. The minimum Gasteiger partial charge on any atom is -0.345 e. The van der Waals surface area contributed by atoms with E-state index in [2.05, 4.69) is 0 Å². The van der Waals surface area contributed by atoms with Crippen molar-refractivity contribution < 1.29 is 9.28 Å². The predicted molar refractivity (Wildman–Crippen MR) is 74.6 cm³/mol. The molecule has 0 fully saturated rings. The first-order valence-corrected chi connectivity index (χ1v) is 6.90. The Labute approximate surface area is 112 Å². The number of hydrogen-bond donors (Lipinski definition) is 0. The Morgan fingerprint density at radius 1 is 1.33 bits per heavy atom. The second kappa shape index (κ2) is 7.26. The molecular weight excluding hydrogens is 251 g/mol.